The molecule has 0 atom stereocenters. The van der Waals surface area contributed by atoms with E-state index in [0.29, 0.717) is 12.4 Å². The van der Waals surface area contributed by atoms with Crippen LogP contribution in [0.4, 0.5) is 5.69 Å². The van der Waals surface area contributed by atoms with Crippen LogP contribution in [0.15, 0.2) is 66.9 Å². The van der Waals surface area contributed by atoms with E-state index in [1.54, 1.807) is 12.3 Å². The molecular formula is C23H22N4O6. The Kier molecular flexibility index (Phi) is 7.90. The molecule has 0 spiro atoms. The molecule has 0 radical (unpaired) electrons. The zero-order chi connectivity index (χ0) is 23.6. The molecule has 33 heavy (non-hydrogen) atoms. The first-order valence-corrected chi connectivity index (χ1v) is 9.95. The third-order valence-corrected chi connectivity index (χ3v) is 4.55. The van der Waals surface area contributed by atoms with Crippen molar-refractivity contribution in [1.82, 2.24) is 15.6 Å². The van der Waals surface area contributed by atoms with Gasteiger partial charge in [-0.05, 0) is 42.0 Å². The van der Waals surface area contributed by atoms with E-state index < -0.39 is 16.7 Å². The number of hydrogen-bond acceptors (Lipinski definition) is 7. The third kappa shape index (κ3) is 6.76. The van der Waals surface area contributed by atoms with E-state index in [1.807, 2.05) is 36.4 Å². The quantitative estimate of drug-likeness (QED) is 0.358. The molecule has 3 aromatic rings. The van der Waals surface area contributed by atoms with E-state index in [1.165, 1.54) is 19.2 Å². The molecule has 0 fully saturated rings. The van der Waals surface area contributed by atoms with E-state index >= 15 is 0 Å². The summed E-state index contributed by atoms with van der Waals surface area (Å²) in [5, 5.41) is 16.2. The number of ether oxygens (including phenoxy) is 2. The number of nitro benzene ring substituents is 1. The average Bonchev–Trinajstić information content (AvgIpc) is 2.85. The Balaban J connectivity index is 1.48. The molecular weight excluding hydrogens is 428 g/mol. The summed E-state index contributed by atoms with van der Waals surface area (Å²) in [5.74, 6) is -0.339. The fraction of sp³-hybridized carbons (Fsp3) is 0.174. The lowest BCUT2D eigenvalue weighted by atomic mass is 10.1. The minimum Gasteiger partial charge on any atom is -0.490 e. The number of rotatable bonds is 10. The number of carbonyl (C=O) groups is 2. The van der Waals surface area contributed by atoms with Crippen LogP contribution in [0.2, 0.25) is 0 Å². The number of carbonyl (C=O) groups excluding carboxylic acids is 2. The van der Waals surface area contributed by atoms with Gasteiger partial charge in [0, 0.05) is 24.4 Å². The number of nitrogens with zero attached hydrogens (tertiary/aromatic N) is 2. The van der Waals surface area contributed by atoms with Gasteiger partial charge in [-0.1, -0.05) is 18.2 Å². The molecule has 0 aliphatic carbocycles. The van der Waals surface area contributed by atoms with Crippen LogP contribution in [0.1, 0.15) is 21.6 Å². The van der Waals surface area contributed by atoms with Gasteiger partial charge in [-0.2, -0.15) is 0 Å². The second-order valence-corrected chi connectivity index (χ2v) is 6.86. The van der Waals surface area contributed by atoms with Crippen molar-refractivity contribution in [1.29, 1.82) is 0 Å². The highest BCUT2D eigenvalue weighted by molar-refractivity contribution is 5.97. The van der Waals surface area contributed by atoms with Crippen molar-refractivity contribution in [3.05, 3.63) is 93.8 Å². The van der Waals surface area contributed by atoms with Crippen molar-refractivity contribution in [2.45, 2.75) is 13.2 Å². The lowest BCUT2D eigenvalue weighted by molar-refractivity contribution is -0.385. The van der Waals surface area contributed by atoms with Crippen LogP contribution in [0.5, 0.6) is 11.5 Å². The molecule has 10 heteroatoms. The molecule has 170 valence electrons. The third-order valence-electron chi connectivity index (χ3n) is 4.55. The summed E-state index contributed by atoms with van der Waals surface area (Å²) in [7, 11) is 1.30. The number of nitrogens with one attached hydrogen (secondary N) is 2. The summed E-state index contributed by atoms with van der Waals surface area (Å²) in [4.78, 5) is 39.0. The molecule has 2 aromatic carbocycles. The minimum absolute atomic E-state index is 0.0422. The SMILES string of the molecule is COc1ccc(C(=O)NCC(=O)NCc2cccc(OCc3ccccn3)c2)cc1[N+](=O)[O-]. The van der Waals surface area contributed by atoms with Gasteiger partial charge in [-0.3, -0.25) is 24.7 Å². The highest BCUT2D eigenvalue weighted by Gasteiger charge is 2.18. The topological polar surface area (TPSA) is 133 Å². The summed E-state index contributed by atoms with van der Waals surface area (Å²) >= 11 is 0. The standard InChI is InChI=1S/C23H22N4O6/c1-32-21-9-8-17(12-20(21)27(30)31)23(29)26-14-22(28)25-13-16-5-4-7-19(11-16)33-15-18-6-2-3-10-24-18/h2-12H,13-15H2,1H3,(H,25,28)(H,26,29). The van der Waals surface area contributed by atoms with E-state index in [4.69, 9.17) is 9.47 Å². The number of benzene rings is 2. The molecule has 2 amide bonds. The number of methoxy groups -OCH3 is 1. The Bertz CT molecular complexity index is 1140. The maximum absolute atomic E-state index is 12.3. The first-order valence-electron chi connectivity index (χ1n) is 9.95. The summed E-state index contributed by atoms with van der Waals surface area (Å²) in [6.45, 7) is 0.282. The first kappa shape index (κ1) is 23.2. The van der Waals surface area contributed by atoms with Crippen molar-refractivity contribution in [3.63, 3.8) is 0 Å². The monoisotopic (exact) mass is 450 g/mol. The number of nitro groups is 1. The maximum Gasteiger partial charge on any atom is 0.311 e. The zero-order valence-electron chi connectivity index (χ0n) is 17.8. The molecule has 0 saturated heterocycles. The smallest absolute Gasteiger partial charge is 0.311 e. The lowest BCUT2D eigenvalue weighted by Crippen LogP contribution is -2.36. The molecule has 1 heterocycles. The van der Waals surface area contributed by atoms with Crippen molar-refractivity contribution in [2.24, 2.45) is 0 Å². The van der Waals surface area contributed by atoms with Gasteiger partial charge in [0.05, 0.1) is 24.3 Å². The Morgan fingerprint density at radius 1 is 1.06 bits per heavy atom. The second kappa shape index (κ2) is 11.2. The predicted molar refractivity (Wildman–Crippen MR) is 119 cm³/mol. The van der Waals surface area contributed by atoms with Crippen LogP contribution >= 0.6 is 0 Å². The highest BCUT2D eigenvalue weighted by Crippen LogP contribution is 2.27. The van der Waals surface area contributed by atoms with Gasteiger partial charge in [0.25, 0.3) is 5.91 Å². The number of amides is 2. The van der Waals surface area contributed by atoms with Crippen LogP contribution in [0.25, 0.3) is 0 Å². The maximum atomic E-state index is 12.3. The number of pyridine rings is 1. The van der Waals surface area contributed by atoms with Crippen LogP contribution < -0.4 is 20.1 Å². The minimum atomic E-state index is -0.642. The van der Waals surface area contributed by atoms with Gasteiger partial charge >= 0.3 is 5.69 Å². The Hall–Kier alpha value is -4.47. The molecule has 1 aromatic heterocycles. The summed E-state index contributed by atoms with van der Waals surface area (Å²) in [6, 6.07) is 16.6. The molecule has 0 saturated carbocycles. The van der Waals surface area contributed by atoms with Crippen molar-refractivity contribution < 1.29 is 24.0 Å². The molecule has 2 N–H and O–H groups in total. The van der Waals surface area contributed by atoms with Crippen molar-refractivity contribution in [3.8, 4) is 11.5 Å². The molecule has 10 nitrogen and oxygen atoms in total. The molecule has 3 rings (SSSR count). The van der Waals surface area contributed by atoms with E-state index in [0.717, 1.165) is 17.3 Å². The second-order valence-electron chi connectivity index (χ2n) is 6.86. The van der Waals surface area contributed by atoms with E-state index in [9.17, 15) is 19.7 Å². The zero-order valence-corrected chi connectivity index (χ0v) is 17.8. The molecule has 0 unspecified atom stereocenters. The Morgan fingerprint density at radius 3 is 2.64 bits per heavy atom. The van der Waals surface area contributed by atoms with Gasteiger partial charge < -0.3 is 20.1 Å². The summed E-state index contributed by atoms with van der Waals surface area (Å²) in [6.07, 6.45) is 1.69. The molecule has 0 aliphatic heterocycles. The van der Waals surface area contributed by atoms with Gasteiger partial charge in [0.1, 0.15) is 12.4 Å². The molecule has 0 aliphatic rings. The average molecular weight is 450 g/mol. The van der Waals surface area contributed by atoms with Crippen LogP contribution in [-0.2, 0) is 17.9 Å². The normalized spacial score (nSPS) is 10.2. The largest absolute Gasteiger partial charge is 0.490 e. The molecule has 0 bridgehead atoms. The van der Waals surface area contributed by atoms with Gasteiger partial charge in [0.2, 0.25) is 5.91 Å². The van der Waals surface area contributed by atoms with Crippen molar-refractivity contribution in [2.75, 3.05) is 13.7 Å². The fourth-order valence-electron chi connectivity index (χ4n) is 2.89. The van der Waals surface area contributed by atoms with Gasteiger partial charge in [-0.25, -0.2) is 0 Å². The summed E-state index contributed by atoms with van der Waals surface area (Å²) < 4.78 is 10.6. The van der Waals surface area contributed by atoms with Crippen LogP contribution in [0, 0.1) is 10.1 Å². The van der Waals surface area contributed by atoms with Gasteiger partial charge in [0.15, 0.2) is 5.75 Å². The van der Waals surface area contributed by atoms with Crippen LogP contribution in [-0.4, -0.2) is 35.4 Å². The number of hydrogen-bond donors (Lipinski definition) is 2. The van der Waals surface area contributed by atoms with E-state index in [-0.39, 0.29) is 30.1 Å². The van der Waals surface area contributed by atoms with E-state index in [2.05, 4.69) is 15.6 Å². The first-order chi connectivity index (χ1) is 16.0. The lowest BCUT2D eigenvalue weighted by Gasteiger charge is -2.10. The fourth-order valence-corrected chi connectivity index (χ4v) is 2.89. The van der Waals surface area contributed by atoms with Crippen LogP contribution in [0.3, 0.4) is 0 Å². The highest BCUT2D eigenvalue weighted by atomic mass is 16.6. The Labute approximate surface area is 189 Å². The van der Waals surface area contributed by atoms with Gasteiger partial charge in [-0.15, -0.1) is 0 Å². The summed E-state index contributed by atoms with van der Waals surface area (Å²) in [5.41, 5.74) is 1.33. The Morgan fingerprint density at radius 2 is 1.91 bits per heavy atom. The van der Waals surface area contributed by atoms with Crippen molar-refractivity contribution >= 4 is 17.5 Å². The predicted octanol–water partition coefficient (Wildman–Crippen LogP) is 2.62. The number of aromatic nitrogens is 1.